The Morgan fingerprint density at radius 3 is 1.98 bits per heavy atom. The van der Waals surface area contributed by atoms with Crippen LogP contribution in [-0.2, 0) is 4.74 Å². The van der Waals surface area contributed by atoms with Crippen LogP contribution in [0.2, 0.25) is 0 Å². The molecule has 1 aliphatic heterocycles. The van der Waals surface area contributed by atoms with Crippen LogP contribution in [0.25, 0.3) is 22.4 Å². The highest BCUT2D eigenvalue weighted by Gasteiger charge is 2.14. The number of aromatic amines is 1. The third-order valence-electron chi connectivity index (χ3n) is 7.40. The molecule has 0 bridgehead atoms. The minimum Gasteiger partial charge on any atom is -0.378 e. The molecule has 0 spiro atoms. The van der Waals surface area contributed by atoms with E-state index in [0.29, 0.717) is 16.8 Å². The second-order valence-corrected chi connectivity index (χ2v) is 10.2. The van der Waals surface area contributed by atoms with Gasteiger partial charge in [0.25, 0.3) is 11.8 Å². The summed E-state index contributed by atoms with van der Waals surface area (Å²) in [5, 5.41) is 12.9. The molecule has 1 aromatic heterocycles. The van der Waals surface area contributed by atoms with E-state index in [9.17, 15) is 9.59 Å². The van der Waals surface area contributed by atoms with Gasteiger partial charge in [-0.25, -0.2) is 0 Å². The van der Waals surface area contributed by atoms with Gasteiger partial charge in [0, 0.05) is 53.0 Å². The maximum Gasteiger partial charge on any atom is 0.255 e. The lowest BCUT2D eigenvalue weighted by Crippen LogP contribution is -2.36. The molecule has 6 rings (SSSR count). The number of morpholine rings is 1. The summed E-state index contributed by atoms with van der Waals surface area (Å²) in [6.07, 6.45) is 1.77. The van der Waals surface area contributed by atoms with Crippen LogP contribution in [0.5, 0.6) is 0 Å². The van der Waals surface area contributed by atoms with E-state index in [4.69, 9.17) is 4.74 Å². The van der Waals surface area contributed by atoms with Crippen LogP contribution >= 0.6 is 0 Å². The number of hydrogen-bond donors (Lipinski definition) is 3. The highest BCUT2D eigenvalue weighted by molar-refractivity contribution is 6.06. The first kappa shape index (κ1) is 27.0. The number of ether oxygens (including phenoxy) is 1. The lowest BCUT2D eigenvalue weighted by molar-refractivity contribution is 0.101. The number of amides is 2. The predicted octanol–water partition coefficient (Wildman–Crippen LogP) is 6.39. The third kappa shape index (κ3) is 6.09. The number of carbonyl (C=O) groups is 2. The number of aromatic nitrogens is 2. The Balaban J connectivity index is 1.11. The fraction of sp³-hybridized carbons (Fsp3) is 0.147. The van der Waals surface area contributed by atoms with E-state index in [1.54, 1.807) is 18.3 Å². The first-order valence-electron chi connectivity index (χ1n) is 13.9. The Morgan fingerprint density at radius 2 is 1.33 bits per heavy atom. The van der Waals surface area contributed by atoms with Crippen LogP contribution in [0.3, 0.4) is 0 Å². The molecule has 0 radical (unpaired) electrons. The Labute approximate surface area is 244 Å². The molecule has 8 heteroatoms. The quantitative estimate of drug-likeness (QED) is 0.215. The minimum atomic E-state index is -0.196. The summed E-state index contributed by atoms with van der Waals surface area (Å²) in [6.45, 7) is 5.20. The van der Waals surface area contributed by atoms with Gasteiger partial charge in [-0.15, -0.1) is 0 Å². The normalized spacial score (nSPS) is 13.0. The number of rotatable bonds is 7. The smallest absolute Gasteiger partial charge is 0.255 e. The van der Waals surface area contributed by atoms with Crippen LogP contribution in [0.1, 0.15) is 26.3 Å². The van der Waals surface area contributed by atoms with Crippen LogP contribution in [0.4, 0.5) is 17.1 Å². The average Bonchev–Trinajstić information content (AvgIpc) is 3.58. The molecule has 1 saturated heterocycles. The Kier molecular flexibility index (Phi) is 7.79. The molecule has 2 heterocycles. The van der Waals surface area contributed by atoms with E-state index in [0.717, 1.165) is 65.6 Å². The minimum absolute atomic E-state index is 0.176. The number of nitrogens with one attached hydrogen (secondary N) is 3. The van der Waals surface area contributed by atoms with E-state index in [2.05, 4.69) is 25.7 Å². The van der Waals surface area contributed by atoms with Crippen molar-refractivity contribution in [2.45, 2.75) is 6.92 Å². The molecular formula is C34H31N5O3. The van der Waals surface area contributed by atoms with Gasteiger partial charge in [-0.1, -0.05) is 30.3 Å². The van der Waals surface area contributed by atoms with E-state index in [1.165, 1.54) is 0 Å². The number of anilines is 3. The predicted molar refractivity (Wildman–Crippen MR) is 166 cm³/mol. The van der Waals surface area contributed by atoms with Crippen LogP contribution in [-0.4, -0.2) is 48.3 Å². The number of benzene rings is 4. The van der Waals surface area contributed by atoms with Gasteiger partial charge in [-0.3, -0.25) is 14.7 Å². The topological polar surface area (TPSA) is 99.4 Å². The number of aryl methyl sites for hydroxylation is 1. The summed E-state index contributed by atoms with van der Waals surface area (Å²) in [5.74, 6) is -0.372. The van der Waals surface area contributed by atoms with Crippen molar-refractivity contribution in [2.75, 3.05) is 41.8 Å². The van der Waals surface area contributed by atoms with Crippen molar-refractivity contribution in [3.8, 4) is 22.4 Å². The lowest BCUT2D eigenvalue weighted by atomic mass is 9.97. The molecule has 3 N–H and O–H groups in total. The molecule has 1 aliphatic rings. The zero-order valence-electron chi connectivity index (χ0n) is 23.3. The lowest BCUT2D eigenvalue weighted by Gasteiger charge is -2.28. The number of carbonyl (C=O) groups excluding carboxylic acids is 2. The summed E-state index contributed by atoms with van der Waals surface area (Å²) >= 11 is 0. The van der Waals surface area contributed by atoms with Crippen molar-refractivity contribution in [1.29, 1.82) is 0 Å². The monoisotopic (exact) mass is 557 g/mol. The Bertz CT molecular complexity index is 1670. The second-order valence-electron chi connectivity index (χ2n) is 10.2. The zero-order chi connectivity index (χ0) is 28.9. The molecular weight excluding hydrogens is 526 g/mol. The summed E-state index contributed by atoms with van der Waals surface area (Å²) in [6, 6.07) is 30.4. The van der Waals surface area contributed by atoms with Gasteiger partial charge in [-0.2, -0.15) is 5.10 Å². The summed E-state index contributed by atoms with van der Waals surface area (Å²) in [7, 11) is 0. The van der Waals surface area contributed by atoms with Crippen molar-refractivity contribution in [3.63, 3.8) is 0 Å². The van der Waals surface area contributed by atoms with Gasteiger partial charge >= 0.3 is 0 Å². The van der Waals surface area contributed by atoms with Gasteiger partial charge in [0.05, 0.1) is 18.9 Å². The molecule has 42 heavy (non-hydrogen) atoms. The fourth-order valence-electron chi connectivity index (χ4n) is 5.00. The van der Waals surface area contributed by atoms with E-state index >= 15 is 0 Å². The first-order valence-corrected chi connectivity index (χ1v) is 13.9. The number of hydrogen-bond acceptors (Lipinski definition) is 5. The average molecular weight is 558 g/mol. The van der Waals surface area contributed by atoms with Gasteiger partial charge in [0.2, 0.25) is 0 Å². The van der Waals surface area contributed by atoms with Crippen molar-refractivity contribution in [2.24, 2.45) is 0 Å². The van der Waals surface area contributed by atoms with Crippen molar-refractivity contribution < 1.29 is 14.3 Å². The van der Waals surface area contributed by atoms with E-state index in [1.807, 2.05) is 91.9 Å². The second kappa shape index (κ2) is 12.1. The highest BCUT2D eigenvalue weighted by atomic mass is 16.5. The SMILES string of the molecule is Cc1ccc(C(=O)Nc2ccc(N3CCOCC3)cc2)cc1-c1ccc(C(=O)Nc2ccc(-c3cc[nH]n3)cc2)cc1. The molecule has 4 aromatic carbocycles. The summed E-state index contributed by atoms with van der Waals surface area (Å²) in [4.78, 5) is 28.3. The summed E-state index contributed by atoms with van der Waals surface area (Å²) < 4.78 is 5.43. The van der Waals surface area contributed by atoms with Gasteiger partial charge in [-0.05, 0) is 90.3 Å². The first-order chi connectivity index (χ1) is 20.5. The third-order valence-corrected chi connectivity index (χ3v) is 7.40. The molecule has 0 atom stereocenters. The Morgan fingerprint density at radius 1 is 0.738 bits per heavy atom. The van der Waals surface area contributed by atoms with E-state index in [-0.39, 0.29) is 11.8 Å². The zero-order valence-corrected chi connectivity index (χ0v) is 23.3. The standard InChI is InChI=1S/C34H31N5O3/c1-23-2-3-27(34(41)37-29-12-14-30(15-13-29)39-18-20-42-21-19-39)22-31(23)24-4-6-26(7-5-24)33(40)36-28-10-8-25(9-11-28)32-16-17-35-38-32/h2-17,22H,18-21H2,1H3,(H,35,38)(H,36,40)(H,37,41). The molecule has 8 nitrogen and oxygen atoms in total. The molecule has 1 fully saturated rings. The van der Waals surface area contributed by atoms with Crippen molar-refractivity contribution >= 4 is 28.9 Å². The highest BCUT2D eigenvalue weighted by Crippen LogP contribution is 2.27. The largest absolute Gasteiger partial charge is 0.378 e. The molecule has 0 saturated carbocycles. The maximum absolute atomic E-state index is 13.1. The molecule has 2 amide bonds. The van der Waals surface area contributed by atoms with Crippen LogP contribution in [0.15, 0.2) is 103 Å². The maximum atomic E-state index is 13.1. The molecule has 5 aromatic rings. The molecule has 0 aliphatic carbocycles. The van der Waals surface area contributed by atoms with E-state index < -0.39 is 0 Å². The summed E-state index contributed by atoms with van der Waals surface area (Å²) in [5.41, 5.74) is 8.38. The Hall–Kier alpha value is -5.21. The fourth-order valence-corrected chi connectivity index (χ4v) is 5.00. The van der Waals surface area contributed by atoms with Gasteiger partial charge in [0.15, 0.2) is 0 Å². The van der Waals surface area contributed by atoms with Crippen LogP contribution in [0, 0.1) is 6.92 Å². The van der Waals surface area contributed by atoms with Crippen molar-refractivity contribution in [1.82, 2.24) is 10.2 Å². The molecule has 210 valence electrons. The van der Waals surface area contributed by atoms with Crippen LogP contribution < -0.4 is 15.5 Å². The number of H-pyrrole nitrogens is 1. The van der Waals surface area contributed by atoms with Crippen molar-refractivity contribution in [3.05, 3.63) is 120 Å². The molecule has 0 unspecified atom stereocenters. The van der Waals surface area contributed by atoms with Gasteiger partial charge in [0.1, 0.15) is 0 Å². The van der Waals surface area contributed by atoms with Gasteiger partial charge < -0.3 is 20.3 Å². The number of nitrogens with zero attached hydrogens (tertiary/aromatic N) is 2.